The van der Waals surface area contributed by atoms with E-state index in [4.69, 9.17) is 4.74 Å². The van der Waals surface area contributed by atoms with E-state index in [-0.39, 0.29) is 5.78 Å². The quantitative estimate of drug-likeness (QED) is 0.797. The van der Waals surface area contributed by atoms with Gasteiger partial charge in [-0.15, -0.1) is 0 Å². The first-order valence-electron chi connectivity index (χ1n) is 8.25. The smallest absolute Gasteiger partial charge is 0.176 e. The Balaban J connectivity index is 1.65. The van der Waals surface area contributed by atoms with Crippen LogP contribution >= 0.6 is 0 Å². The third-order valence-electron chi connectivity index (χ3n) is 4.88. The largest absolute Gasteiger partial charge is 0.375 e. The van der Waals surface area contributed by atoms with Crippen molar-refractivity contribution < 1.29 is 9.53 Å². The molecular formula is C18H25NO2. The molecule has 21 heavy (non-hydrogen) atoms. The van der Waals surface area contributed by atoms with E-state index in [0.717, 1.165) is 31.6 Å². The summed E-state index contributed by atoms with van der Waals surface area (Å²) in [5, 5.41) is 0. The number of carbonyl (C=O) groups excluding carboxylic acids is 1. The van der Waals surface area contributed by atoms with E-state index in [2.05, 4.69) is 24.0 Å². The highest BCUT2D eigenvalue weighted by atomic mass is 16.5. The number of hydrogen-bond acceptors (Lipinski definition) is 3. The number of aryl methyl sites for hydroxylation is 1. The lowest BCUT2D eigenvalue weighted by Gasteiger charge is -2.43. The Hall–Kier alpha value is -1.19. The lowest BCUT2D eigenvalue weighted by atomic mass is 9.90. The minimum atomic E-state index is 0.240. The van der Waals surface area contributed by atoms with Gasteiger partial charge in [0.05, 0.1) is 19.3 Å². The van der Waals surface area contributed by atoms with Gasteiger partial charge in [-0.05, 0) is 24.8 Å². The normalized spacial score (nSPS) is 26.3. The van der Waals surface area contributed by atoms with Crippen LogP contribution in [0.25, 0.3) is 0 Å². The molecule has 1 aliphatic carbocycles. The molecule has 3 rings (SSSR count). The molecule has 2 aliphatic rings. The maximum atomic E-state index is 12.5. The zero-order valence-corrected chi connectivity index (χ0v) is 12.9. The van der Waals surface area contributed by atoms with Gasteiger partial charge >= 0.3 is 0 Å². The van der Waals surface area contributed by atoms with Gasteiger partial charge in [0.1, 0.15) is 0 Å². The predicted molar refractivity (Wildman–Crippen MR) is 83.7 cm³/mol. The summed E-state index contributed by atoms with van der Waals surface area (Å²) in [6.07, 6.45) is 6.22. The fourth-order valence-corrected chi connectivity index (χ4v) is 3.57. The summed E-state index contributed by atoms with van der Waals surface area (Å²) in [6.45, 7) is 4.33. The Bertz CT molecular complexity index is 480. The second-order valence-electron chi connectivity index (χ2n) is 6.21. The van der Waals surface area contributed by atoms with Crippen LogP contribution in [0.15, 0.2) is 24.3 Å². The highest BCUT2D eigenvalue weighted by molar-refractivity contribution is 5.97. The Labute approximate surface area is 127 Å². The fourth-order valence-electron chi connectivity index (χ4n) is 3.57. The number of morpholine rings is 1. The van der Waals surface area contributed by atoms with Crippen LogP contribution in [0, 0.1) is 0 Å². The molecule has 0 bridgehead atoms. The lowest BCUT2D eigenvalue weighted by molar-refractivity contribution is -0.0846. The standard InChI is InChI=1S/C18H25NO2/c1-2-14-7-9-15(10-8-14)17(20)13-19-11-12-21-18-6-4-3-5-16(18)19/h7-10,16,18H,2-6,11-13H2,1H3. The van der Waals surface area contributed by atoms with Gasteiger partial charge in [0, 0.05) is 18.2 Å². The van der Waals surface area contributed by atoms with Crippen molar-refractivity contribution in [2.45, 2.75) is 51.2 Å². The zero-order chi connectivity index (χ0) is 14.7. The molecule has 1 heterocycles. The minimum absolute atomic E-state index is 0.240. The monoisotopic (exact) mass is 287 g/mol. The highest BCUT2D eigenvalue weighted by Gasteiger charge is 2.34. The van der Waals surface area contributed by atoms with E-state index in [9.17, 15) is 4.79 Å². The minimum Gasteiger partial charge on any atom is -0.375 e. The van der Waals surface area contributed by atoms with Crippen LogP contribution in [-0.4, -0.2) is 42.5 Å². The van der Waals surface area contributed by atoms with Crippen LogP contribution in [0.4, 0.5) is 0 Å². The van der Waals surface area contributed by atoms with E-state index < -0.39 is 0 Å². The van der Waals surface area contributed by atoms with Crippen molar-refractivity contribution in [3.8, 4) is 0 Å². The van der Waals surface area contributed by atoms with Gasteiger partial charge in [-0.2, -0.15) is 0 Å². The van der Waals surface area contributed by atoms with E-state index in [1.165, 1.54) is 24.8 Å². The van der Waals surface area contributed by atoms with Crippen LogP contribution in [0.3, 0.4) is 0 Å². The first kappa shape index (κ1) is 14.7. The number of ketones is 1. The number of ether oxygens (including phenoxy) is 1. The van der Waals surface area contributed by atoms with Crippen molar-refractivity contribution in [1.29, 1.82) is 0 Å². The SMILES string of the molecule is CCc1ccc(C(=O)CN2CCOC3CCCCC32)cc1. The van der Waals surface area contributed by atoms with E-state index >= 15 is 0 Å². The average Bonchev–Trinajstić information content (AvgIpc) is 2.55. The number of Topliss-reactive ketones (excluding diaryl/α,β-unsaturated/α-hetero) is 1. The maximum Gasteiger partial charge on any atom is 0.176 e. The Morgan fingerprint density at radius 2 is 2.00 bits per heavy atom. The van der Waals surface area contributed by atoms with Gasteiger partial charge in [-0.3, -0.25) is 9.69 Å². The molecule has 0 aromatic heterocycles. The Morgan fingerprint density at radius 1 is 1.24 bits per heavy atom. The third kappa shape index (κ3) is 3.35. The van der Waals surface area contributed by atoms with Crippen molar-refractivity contribution >= 4 is 5.78 Å². The van der Waals surface area contributed by atoms with Gasteiger partial charge in [-0.25, -0.2) is 0 Å². The Kier molecular flexibility index (Phi) is 4.71. The molecule has 0 N–H and O–H groups in total. The summed E-state index contributed by atoms with van der Waals surface area (Å²) >= 11 is 0. The lowest BCUT2D eigenvalue weighted by Crippen LogP contribution is -2.53. The summed E-state index contributed by atoms with van der Waals surface area (Å²) in [5.74, 6) is 0.240. The maximum absolute atomic E-state index is 12.5. The number of rotatable bonds is 4. The molecule has 0 amide bonds. The molecule has 0 spiro atoms. The Morgan fingerprint density at radius 3 is 2.76 bits per heavy atom. The highest BCUT2D eigenvalue weighted by Crippen LogP contribution is 2.28. The summed E-state index contributed by atoms with van der Waals surface area (Å²) in [6, 6.07) is 8.53. The molecule has 0 radical (unpaired) electrons. The van der Waals surface area contributed by atoms with Crippen molar-refractivity contribution in [1.82, 2.24) is 4.90 Å². The predicted octanol–water partition coefficient (Wildman–Crippen LogP) is 3.08. The summed E-state index contributed by atoms with van der Waals surface area (Å²) in [5.41, 5.74) is 2.12. The van der Waals surface area contributed by atoms with Crippen molar-refractivity contribution in [2.24, 2.45) is 0 Å². The van der Waals surface area contributed by atoms with Crippen molar-refractivity contribution in [3.63, 3.8) is 0 Å². The molecule has 2 atom stereocenters. The summed E-state index contributed by atoms with van der Waals surface area (Å²) < 4.78 is 5.88. The average molecular weight is 287 g/mol. The van der Waals surface area contributed by atoms with E-state index in [0.29, 0.717) is 18.7 Å². The molecule has 2 unspecified atom stereocenters. The van der Waals surface area contributed by atoms with Crippen LogP contribution < -0.4 is 0 Å². The van der Waals surface area contributed by atoms with Gasteiger partial charge in [0.2, 0.25) is 0 Å². The molecular weight excluding hydrogens is 262 g/mol. The van der Waals surface area contributed by atoms with Crippen LogP contribution in [-0.2, 0) is 11.2 Å². The van der Waals surface area contributed by atoms with Crippen LogP contribution in [0.2, 0.25) is 0 Å². The second kappa shape index (κ2) is 6.71. The third-order valence-corrected chi connectivity index (χ3v) is 4.88. The molecule has 3 nitrogen and oxygen atoms in total. The molecule has 3 heteroatoms. The molecule has 114 valence electrons. The molecule has 1 aromatic rings. The molecule has 1 aliphatic heterocycles. The number of nitrogens with zero attached hydrogens (tertiary/aromatic N) is 1. The van der Waals surface area contributed by atoms with Gasteiger partial charge in [-0.1, -0.05) is 44.0 Å². The zero-order valence-electron chi connectivity index (χ0n) is 12.9. The molecule has 2 fully saturated rings. The van der Waals surface area contributed by atoms with Gasteiger partial charge in [0.15, 0.2) is 5.78 Å². The van der Waals surface area contributed by atoms with Gasteiger partial charge in [0.25, 0.3) is 0 Å². The number of carbonyl (C=O) groups is 1. The second-order valence-corrected chi connectivity index (χ2v) is 6.21. The molecule has 1 saturated heterocycles. The summed E-state index contributed by atoms with van der Waals surface area (Å²) in [7, 11) is 0. The summed E-state index contributed by atoms with van der Waals surface area (Å²) in [4.78, 5) is 14.9. The molecule has 1 aromatic carbocycles. The van der Waals surface area contributed by atoms with Crippen molar-refractivity contribution in [2.75, 3.05) is 19.7 Å². The first-order chi connectivity index (χ1) is 10.3. The number of benzene rings is 1. The topological polar surface area (TPSA) is 29.5 Å². The fraction of sp³-hybridized carbons (Fsp3) is 0.611. The van der Waals surface area contributed by atoms with Crippen molar-refractivity contribution in [3.05, 3.63) is 35.4 Å². The molecule has 1 saturated carbocycles. The van der Waals surface area contributed by atoms with E-state index in [1.54, 1.807) is 0 Å². The van der Waals surface area contributed by atoms with E-state index in [1.807, 2.05) is 12.1 Å². The number of hydrogen-bond donors (Lipinski definition) is 0. The first-order valence-corrected chi connectivity index (χ1v) is 8.25. The van der Waals surface area contributed by atoms with Crippen LogP contribution in [0.1, 0.15) is 48.5 Å². The van der Waals surface area contributed by atoms with Crippen LogP contribution in [0.5, 0.6) is 0 Å². The number of fused-ring (bicyclic) bond motifs is 1. The van der Waals surface area contributed by atoms with Gasteiger partial charge < -0.3 is 4.74 Å².